The van der Waals surface area contributed by atoms with Gasteiger partial charge in [-0.3, -0.25) is 19.8 Å². The predicted octanol–water partition coefficient (Wildman–Crippen LogP) is 3.47. The Morgan fingerprint density at radius 1 is 1.20 bits per heavy atom. The van der Waals surface area contributed by atoms with Gasteiger partial charge in [0.25, 0.3) is 5.69 Å². The quantitative estimate of drug-likeness (QED) is 0.421. The molecule has 2 N–H and O–H groups in total. The van der Waals surface area contributed by atoms with Crippen molar-refractivity contribution in [1.29, 1.82) is 0 Å². The van der Waals surface area contributed by atoms with Crippen molar-refractivity contribution in [2.45, 2.75) is 18.9 Å². The Balaban J connectivity index is 1.64. The molecule has 2 aromatic carbocycles. The van der Waals surface area contributed by atoms with Gasteiger partial charge in [-0.1, -0.05) is 12.1 Å². The number of nitro groups is 1. The summed E-state index contributed by atoms with van der Waals surface area (Å²) in [6.07, 6.45) is -0.511. The van der Waals surface area contributed by atoms with Gasteiger partial charge in [0.2, 0.25) is 0 Å². The van der Waals surface area contributed by atoms with Crippen molar-refractivity contribution >= 4 is 17.6 Å². The first-order chi connectivity index (χ1) is 14.3. The zero-order valence-electron chi connectivity index (χ0n) is 16.2. The van der Waals surface area contributed by atoms with E-state index in [-0.39, 0.29) is 23.2 Å². The average molecular weight is 415 g/mol. The van der Waals surface area contributed by atoms with E-state index in [0.717, 1.165) is 0 Å². The van der Waals surface area contributed by atoms with Crippen molar-refractivity contribution in [3.05, 3.63) is 75.6 Å². The zero-order valence-corrected chi connectivity index (χ0v) is 16.2. The maximum Gasteiger partial charge on any atom is 0.405 e. The molecule has 3 rings (SSSR count). The lowest BCUT2D eigenvalue weighted by molar-refractivity contribution is -0.385. The summed E-state index contributed by atoms with van der Waals surface area (Å²) < 4.78 is 18.3. The molecule has 1 saturated heterocycles. The maximum atomic E-state index is 13.1. The molecule has 0 saturated carbocycles. The Morgan fingerprint density at radius 3 is 2.47 bits per heavy atom. The van der Waals surface area contributed by atoms with Gasteiger partial charge in [-0.05, 0) is 50.2 Å². The Hall–Kier alpha value is -3.33. The minimum Gasteiger partial charge on any atom is -0.440 e. The number of halogens is 1. The molecule has 30 heavy (non-hydrogen) atoms. The highest BCUT2D eigenvalue weighted by Gasteiger charge is 2.28. The first-order valence-electron chi connectivity index (χ1n) is 9.56. The predicted molar refractivity (Wildman–Crippen MR) is 106 cm³/mol. The number of piperidine rings is 1. The summed E-state index contributed by atoms with van der Waals surface area (Å²) in [5.41, 5.74) is 6.05. The van der Waals surface area contributed by atoms with Crippen LogP contribution in [0.1, 0.15) is 34.9 Å². The third kappa shape index (κ3) is 5.38. The van der Waals surface area contributed by atoms with E-state index in [9.17, 15) is 24.1 Å². The van der Waals surface area contributed by atoms with Gasteiger partial charge in [-0.15, -0.1) is 0 Å². The number of nitro benzene ring substituents is 1. The van der Waals surface area contributed by atoms with Crippen LogP contribution in [0.4, 0.5) is 14.9 Å². The number of carbonyl (C=O) groups is 2. The third-order valence-electron chi connectivity index (χ3n) is 5.22. The van der Waals surface area contributed by atoms with Crippen LogP contribution in [-0.2, 0) is 4.74 Å². The molecule has 1 aliphatic rings. The summed E-state index contributed by atoms with van der Waals surface area (Å²) >= 11 is 0. The monoisotopic (exact) mass is 415 g/mol. The van der Waals surface area contributed by atoms with Crippen molar-refractivity contribution in [3.63, 3.8) is 0 Å². The van der Waals surface area contributed by atoms with E-state index in [0.29, 0.717) is 43.6 Å². The van der Waals surface area contributed by atoms with Crippen molar-refractivity contribution < 1.29 is 23.6 Å². The number of hydrogen-bond donors (Lipinski definition) is 1. The first-order valence-corrected chi connectivity index (χ1v) is 9.56. The molecule has 158 valence electrons. The van der Waals surface area contributed by atoms with Crippen LogP contribution in [0.5, 0.6) is 0 Å². The summed E-state index contributed by atoms with van der Waals surface area (Å²) in [6.45, 7) is 1.48. The number of nitrogens with zero attached hydrogens (tertiary/aromatic N) is 2. The van der Waals surface area contributed by atoms with E-state index in [1.54, 1.807) is 6.07 Å². The SMILES string of the molecule is NC(=O)OC(CN1CCC(C(=O)c2ccc(F)cc2)CC1)c1cccc([N+](=O)[O-])c1. The van der Waals surface area contributed by atoms with E-state index in [1.165, 1.54) is 42.5 Å². The van der Waals surface area contributed by atoms with Crippen LogP contribution in [0.15, 0.2) is 48.5 Å². The molecular weight excluding hydrogens is 393 g/mol. The van der Waals surface area contributed by atoms with E-state index in [4.69, 9.17) is 10.5 Å². The fourth-order valence-corrected chi connectivity index (χ4v) is 3.65. The van der Waals surface area contributed by atoms with E-state index >= 15 is 0 Å². The van der Waals surface area contributed by atoms with Crippen LogP contribution in [0, 0.1) is 21.8 Å². The van der Waals surface area contributed by atoms with Crippen molar-refractivity contribution in [2.75, 3.05) is 19.6 Å². The number of hydrogen-bond acceptors (Lipinski definition) is 6. The standard InChI is InChI=1S/C21H22FN3O5/c22-17-6-4-14(5-7-17)20(26)15-8-10-24(11-9-15)13-19(30-21(23)27)16-2-1-3-18(12-16)25(28)29/h1-7,12,15,19H,8-11,13H2,(H2,23,27). The zero-order chi connectivity index (χ0) is 21.7. The fraction of sp³-hybridized carbons (Fsp3) is 0.333. The highest BCUT2D eigenvalue weighted by molar-refractivity contribution is 5.97. The highest BCUT2D eigenvalue weighted by Crippen LogP contribution is 2.27. The number of carbonyl (C=O) groups excluding carboxylic acids is 2. The number of ether oxygens (including phenoxy) is 1. The molecule has 1 amide bonds. The lowest BCUT2D eigenvalue weighted by Crippen LogP contribution is -2.39. The molecule has 0 aromatic heterocycles. The van der Waals surface area contributed by atoms with Crippen LogP contribution in [0.25, 0.3) is 0 Å². The van der Waals surface area contributed by atoms with Gasteiger partial charge < -0.3 is 10.5 Å². The molecule has 1 atom stereocenters. The minimum atomic E-state index is -0.965. The van der Waals surface area contributed by atoms with Gasteiger partial charge in [-0.25, -0.2) is 9.18 Å². The van der Waals surface area contributed by atoms with Gasteiger partial charge in [0.1, 0.15) is 11.9 Å². The normalized spacial score (nSPS) is 16.0. The number of nitrogens with two attached hydrogens (primary N) is 1. The second kappa shape index (κ2) is 9.45. The number of primary amides is 1. The van der Waals surface area contributed by atoms with E-state index < -0.39 is 17.1 Å². The number of rotatable bonds is 7. The lowest BCUT2D eigenvalue weighted by Gasteiger charge is -2.33. The summed E-state index contributed by atoms with van der Waals surface area (Å²) in [6, 6.07) is 11.4. The van der Waals surface area contributed by atoms with Crippen LogP contribution >= 0.6 is 0 Å². The second-order valence-corrected chi connectivity index (χ2v) is 7.22. The summed E-state index contributed by atoms with van der Waals surface area (Å²) in [7, 11) is 0. The number of Topliss-reactive ketones (excluding diaryl/α,β-unsaturated/α-hetero) is 1. The van der Waals surface area contributed by atoms with Gasteiger partial charge in [0.15, 0.2) is 5.78 Å². The molecular formula is C21H22FN3O5. The van der Waals surface area contributed by atoms with Crippen molar-refractivity contribution in [2.24, 2.45) is 11.7 Å². The Kier molecular flexibility index (Phi) is 6.73. The highest BCUT2D eigenvalue weighted by atomic mass is 19.1. The molecule has 1 fully saturated rings. The van der Waals surface area contributed by atoms with E-state index in [1.807, 2.05) is 4.90 Å². The molecule has 8 nitrogen and oxygen atoms in total. The fourth-order valence-electron chi connectivity index (χ4n) is 3.65. The number of benzene rings is 2. The Bertz CT molecular complexity index is 926. The van der Waals surface area contributed by atoms with Crippen LogP contribution < -0.4 is 5.73 Å². The smallest absolute Gasteiger partial charge is 0.405 e. The topological polar surface area (TPSA) is 116 Å². The summed E-state index contributed by atoms with van der Waals surface area (Å²) in [5.74, 6) is -0.568. The van der Waals surface area contributed by atoms with E-state index in [2.05, 4.69) is 0 Å². The van der Waals surface area contributed by atoms with Crippen molar-refractivity contribution in [1.82, 2.24) is 4.90 Å². The number of likely N-dealkylation sites (tertiary alicyclic amines) is 1. The molecule has 2 aromatic rings. The van der Waals surface area contributed by atoms with Gasteiger partial charge in [0.05, 0.1) is 4.92 Å². The molecule has 1 heterocycles. The Morgan fingerprint density at radius 2 is 1.87 bits per heavy atom. The molecule has 0 aliphatic carbocycles. The Labute approximate surface area is 172 Å². The van der Waals surface area contributed by atoms with Crippen molar-refractivity contribution in [3.8, 4) is 0 Å². The number of non-ortho nitro benzene ring substituents is 1. The largest absolute Gasteiger partial charge is 0.440 e. The molecule has 1 aliphatic heterocycles. The molecule has 0 spiro atoms. The molecule has 9 heteroatoms. The second-order valence-electron chi connectivity index (χ2n) is 7.22. The van der Waals surface area contributed by atoms with Crippen LogP contribution in [0.3, 0.4) is 0 Å². The van der Waals surface area contributed by atoms with Gasteiger partial charge in [-0.2, -0.15) is 0 Å². The number of ketones is 1. The average Bonchev–Trinajstić information content (AvgIpc) is 2.73. The van der Waals surface area contributed by atoms with Crippen LogP contribution in [-0.4, -0.2) is 41.3 Å². The first kappa shape index (κ1) is 21.4. The van der Waals surface area contributed by atoms with Gasteiger partial charge >= 0.3 is 6.09 Å². The lowest BCUT2D eigenvalue weighted by atomic mass is 9.88. The molecule has 1 unspecified atom stereocenters. The van der Waals surface area contributed by atoms with Crippen LogP contribution in [0.2, 0.25) is 0 Å². The number of amides is 1. The van der Waals surface area contributed by atoms with Gasteiger partial charge in [0, 0.05) is 35.7 Å². The molecule has 0 bridgehead atoms. The maximum absolute atomic E-state index is 13.1. The summed E-state index contributed by atoms with van der Waals surface area (Å²) in [5, 5.41) is 11.0. The molecule has 0 radical (unpaired) electrons. The minimum absolute atomic E-state index is 0.0155. The third-order valence-corrected chi connectivity index (χ3v) is 5.22. The summed E-state index contributed by atoms with van der Waals surface area (Å²) in [4.78, 5) is 36.5.